The van der Waals surface area contributed by atoms with Gasteiger partial charge in [-0.3, -0.25) is 4.79 Å². The number of carbonyl (C=O) groups is 1. The summed E-state index contributed by atoms with van der Waals surface area (Å²) in [5.41, 5.74) is 0.731. The largest absolute Gasteiger partial charge is 0.489 e. The minimum Gasteiger partial charge on any atom is -0.489 e. The molecule has 24 heavy (non-hydrogen) atoms. The van der Waals surface area contributed by atoms with Crippen molar-refractivity contribution in [1.82, 2.24) is 10.2 Å². The van der Waals surface area contributed by atoms with Crippen LogP contribution in [0.15, 0.2) is 36.4 Å². The molecule has 0 bridgehead atoms. The molecule has 0 saturated carbocycles. The van der Waals surface area contributed by atoms with Crippen LogP contribution in [0.2, 0.25) is 0 Å². The van der Waals surface area contributed by atoms with E-state index in [0.717, 1.165) is 0 Å². The van der Waals surface area contributed by atoms with Crippen molar-refractivity contribution >= 4 is 17.4 Å². The van der Waals surface area contributed by atoms with E-state index in [-0.39, 0.29) is 23.2 Å². The molecule has 6 heteroatoms. The van der Waals surface area contributed by atoms with Crippen LogP contribution in [0.25, 0.3) is 0 Å². The van der Waals surface area contributed by atoms with Gasteiger partial charge in [0.05, 0.1) is 11.8 Å². The van der Waals surface area contributed by atoms with Gasteiger partial charge in [0.1, 0.15) is 11.6 Å². The molecule has 0 radical (unpaired) electrons. The van der Waals surface area contributed by atoms with Crippen molar-refractivity contribution in [2.24, 2.45) is 0 Å². The second-order valence-electron chi connectivity index (χ2n) is 6.80. The lowest BCUT2D eigenvalue weighted by Gasteiger charge is -2.20. The number of benzene rings is 1. The van der Waals surface area contributed by atoms with E-state index in [1.807, 2.05) is 52.8 Å². The van der Waals surface area contributed by atoms with Crippen molar-refractivity contribution in [2.45, 2.75) is 46.3 Å². The van der Waals surface area contributed by atoms with Crippen molar-refractivity contribution in [2.75, 3.05) is 10.6 Å². The van der Waals surface area contributed by atoms with Crippen LogP contribution in [0, 0.1) is 0 Å². The van der Waals surface area contributed by atoms with E-state index in [4.69, 9.17) is 4.74 Å². The molecule has 128 valence electrons. The molecule has 1 aromatic carbocycles. The highest BCUT2D eigenvalue weighted by molar-refractivity contribution is 6.03. The second kappa shape index (κ2) is 7.29. The molecule has 1 heterocycles. The zero-order valence-electron chi connectivity index (χ0n) is 14.8. The first-order chi connectivity index (χ1) is 11.2. The maximum absolute atomic E-state index is 12.4. The predicted molar refractivity (Wildman–Crippen MR) is 95.6 cm³/mol. The SMILES string of the molecule is CC(C)Oc1ccccc1NC(=O)c1ccc(NC(C)(C)C)nn1. The van der Waals surface area contributed by atoms with Gasteiger partial charge in [-0.2, -0.15) is 0 Å². The Morgan fingerprint density at radius 3 is 2.38 bits per heavy atom. The first kappa shape index (κ1) is 17.7. The second-order valence-corrected chi connectivity index (χ2v) is 6.80. The first-order valence-corrected chi connectivity index (χ1v) is 7.93. The van der Waals surface area contributed by atoms with Gasteiger partial charge in [0.25, 0.3) is 5.91 Å². The van der Waals surface area contributed by atoms with Gasteiger partial charge in [-0.15, -0.1) is 10.2 Å². The fourth-order valence-corrected chi connectivity index (χ4v) is 2.02. The number of para-hydroxylation sites is 2. The molecule has 0 atom stereocenters. The lowest BCUT2D eigenvalue weighted by atomic mass is 10.1. The third kappa shape index (κ3) is 5.22. The molecule has 2 N–H and O–H groups in total. The van der Waals surface area contributed by atoms with Gasteiger partial charge in [-0.25, -0.2) is 0 Å². The van der Waals surface area contributed by atoms with Gasteiger partial charge in [0.15, 0.2) is 5.69 Å². The van der Waals surface area contributed by atoms with Crippen molar-refractivity contribution in [3.05, 3.63) is 42.1 Å². The molecule has 0 saturated heterocycles. The van der Waals surface area contributed by atoms with Gasteiger partial charge in [0.2, 0.25) is 0 Å². The van der Waals surface area contributed by atoms with Crippen molar-refractivity contribution in [3.63, 3.8) is 0 Å². The Labute approximate surface area is 142 Å². The van der Waals surface area contributed by atoms with Gasteiger partial charge in [-0.05, 0) is 58.9 Å². The van der Waals surface area contributed by atoms with E-state index in [2.05, 4.69) is 20.8 Å². The predicted octanol–water partition coefficient (Wildman–Crippen LogP) is 3.73. The fraction of sp³-hybridized carbons (Fsp3) is 0.389. The highest BCUT2D eigenvalue weighted by atomic mass is 16.5. The average molecular weight is 328 g/mol. The third-order valence-electron chi connectivity index (χ3n) is 2.90. The van der Waals surface area contributed by atoms with Crippen LogP contribution < -0.4 is 15.4 Å². The number of nitrogens with one attached hydrogen (secondary N) is 2. The Hall–Kier alpha value is -2.63. The quantitative estimate of drug-likeness (QED) is 0.874. The molecule has 0 aliphatic carbocycles. The number of nitrogens with zero attached hydrogens (tertiary/aromatic N) is 2. The number of hydrogen-bond donors (Lipinski definition) is 2. The van der Waals surface area contributed by atoms with Gasteiger partial charge in [0, 0.05) is 5.54 Å². The Balaban J connectivity index is 2.10. The zero-order chi connectivity index (χ0) is 17.7. The summed E-state index contributed by atoms with van der Waals surface area (Å²) in [6.45, 7) is 9.96. The summed E-state index contributed by atoms with van der Waals surface area (Å²) in [7, 11) is 0. The molecule has 6 nitrogen and oxygen atoms in total. The van der Waals surface area contributed by atoms with Gasteiger partial charge < -0.3 is 15.4 Å². The average Bonchev–Trinajstić information content (AvgIpc) is 2.48. The molecule has 1 amide bonds. The maximum atomic E-state index is 12.4. The van der Waals surface area contributed by atoms with E-state index in [1.54, 1.807) is 18.2 Å². The Morgan fingerprint density at radius 1 is 1.08 bits per heavy atom. The summed E-state index contributed by atoms with van der Waals surface area (Å²) in [4.78, 5) is 12.4. The molecular weight excluding hydrogens is 304 g/mol. The molecule has 2 aromatic rings. The molecule has 2 rings (SSSR count). The van der Waals surface area contributed by atoms with Crippen LogP contribution in [0.1, 0.15) is 45.1 Å². The number of amides is 1. The lowest BCUT2D eigenvalue weighted by Crippen LogP contribution is -2.27. The van der Waals surface area contributed by atoms with Crippen molar-refractivity contribution < 1.29 is 9.53 Å². The number of carbonyl (C=O) groups excluding carboxylic acids is 1. The van der Waals surface area contributed by atoms with E-state index >= 15 is 0 Å². The van der Waals surface area contributed by atoms with Crippen LogP contribution in [0.3, 0.4) is 0 Å². The Bertz CT molecular complexity index is 691. The number of hydrogen-bond acceptors (Lipinski definition) is 5. The van der Waals surface area contributed by atoms with Crippen LogP contribution >= 0.6 is 0 Å². The van der Waals surface area contributed by atoms with E-state index in [9.17, 15) is 4.79 Å². The summed E-state index contributed by atoms with van der Waals surface area (Å²) in [6.07, 6.45) is 0.0191. The zero-order valence-corrected chi connectivity index (χ0v) is 14.8. The van der Waals surface area contributed by atoms with E-state index in [0.29, 0.717) is 17.3 Å². The normalized spacial score (nSPS) is 11.2. The number of rotatable bonds is 5. The maximum Gasteiger partial charge on any atom is 0.276 e. The molecule has 1 aromatic heterocycles. The molecular formula is C18H24N4O2. The standard InChI is InChI=1S/C18H24N4O2/c1-12(2)24-15-9-7-6-8-13(15)19-17(23)14-10-11-16(22-21-14)20-18(3,4)5/h6-12H,1-5H3,(H,19,23)(H,20,22). The summed E-state index contributed by atoms with van der Waals surface area (Å²) >= 11 is 0. The first-order valence-electron chi connectivity index (χ1n) is 7.93. The van der Waals surface area contributed by atoms with Gasteiger partial charge in [-0.1, -0.05) is 12.1 Å². The number of anilines is 2. The van der Waals surface area contributed by atoms with Crippen LogP contribution in [-0.2, 0) is 0 Å². The fourth-order valence-electron chi connectivity index (χ4n) is 2.02. The molecule has 0 aliphatic rings. The minimum absolute atomic E-state index is 0.0191. The Kier molecular flexibility index (Phi) is 5.39. The highest BCUT2D eigenvalue weighted by Crippen LogP contribution is 2.25. The molecule has 0 aliphatic heterocycles. The van der Waals surface area contributed by atoms with Crippen LogP contribution in [0.5, 0.6) is 5.75 Å². The third-order valence-corrected chi connectivity index (χ3v) is 2.90. The summed E-state index contributed by atoms with van der Waals surface area (Å²) in [6, 6.07) is 10.7. The van der Waals surface area contributed by atoms with Gasteiger partial charge >= 0.3 is 0 Å². The summed E-state index contributed by atoms with van der Waals surface area (Å²) < 4.78 is 5.70. The molecule has 0 spiro atoms. The molecule has 0 fully saturated rings. The Morgan fingerprint density at radius 2 is 1.79 bits per heavy atom. The number of aromatic nitrogens is 2. The lowest BCUT2D eigenvalue weighted by molar-refractivity contribution is 0.102. The number of ether oxygens (including phenoxy) is 1. The van der Waals surface area contributed by atoms with Crippen molar-refractivity contribution in [1.29, 1.82) is 0 Å². The van der Waals surface area contributed by atoms with E-state index < -0.39 is 0 Å². The topological polar surface area (TPSA) is 76.1 Å². The highest BCUT2D eigenvalue weighted by Gasteiger charge is 2.14. The van der Waals surface area contributed by atoms with E-state index in [1.165, 1.54) is 0 Å². The molecule has 0 unspecified atom stereocenters. The summed E-state index contributed by atoms with van der Waals surface area (Å²) in [5, 5.41) is 14.0. The van der Waals surface area contributed by atoms with Crippen LogP contribution in [0.4, 0.5) is 11.5 Å². The van der Waals surface area contributed by atoms with Crippen LogP contribution in [-0.4, -0.2) is 27.7 Å². The smallest absolute Gasteiger partial charge is 0.276 e. The minimum atomic E-state index is -0.329. The van der Waals surface area contributed by atoms with Crippen molar-refractivity contribution in [3.8, 4) is 5.75 Å². The summed E-state index contributed by atoms with van der Waals surface area (Å²) in [5.74, 6) is 0.923. The monoisotopic (exact) mass is 328 g/mol.